The Hall–Kier alpha value is -0.110. The molecule has 2 rings (SSSR count). The molecule has 0 bridgehead atoms. The van der Waals surface area contributed by atoms with Crippen LogP contribution in [0.25, 0.3) is 0 Å². The van der Waals surface area contributed by atoms with E-state index in [2.05, 4.69) is 11.8 Å². The molecule has 0 aromatic heterocycles. The topological polar surface area (TPSA) is 3.24 Å². The standard InChI is InChI=1S/C9H16FN/c1-2-9-8(10)6-7-4-3-5-11(7)9/h7-9H,2-6H2,1H3/t7-,8?,9?/m0/s1. The van der Waals surface area contributed by atoms with E-state index in [1.54, 1.807) is 0 Å². The van der Waals surface area contributed by atoms with Gasteiger partial charge in [0.25, 0.3) is 0 Å². The molecular formula is C9H16FN. The maximum atomic E-state index is 13.3. The fraction of sp³-hybridized carbons (Fsp3) is 1.00. The van der Waals surface area contributed by atoms with Crippen LogP contribution in [0.3, 0.4) is 0 Å². The van der Waals surface area contributed by atoms with Gasteiger partial charge in [0.1, 0.15) is 6.17 Å². The monoisotopic (exact) mass is 157 g/mol. The molecule has 11 heavy (non-hydrogen) atoms. The van der Waals surface area contributed by atoms with Gasteiger partial charge in [-0.2, -0.15) is 0 Å². The molecule has 0 N–H and O–H groups in total. The Balaban J connectivity index is 2.07. The Morgan fingerprint density at radius 2 is 2.36 bits per heavy atom. The van der Waals surface area contributed by atoms with Crippen LogP contribution in [0.4, 0.5) is 4.39 Å². The van der Waals surface area contributed by atoms with Crippen LogP contribution in [0.2, 0.25) is 0 Å². The normalized spacial score (nSPS) is 44.7. The minimum atomic E-state index is -0.537. The van der Waals surface area contributed by atoms with Crippen molar-refractivity contribution in [2.75, 3.05) is 6.54 Å². The van der Waals surface area contributed by atoms with E-state index in [9.17, 15) is 4.39 Å². The molecule has 64 valence electrons. The maximum Gasteiger partial charge on any atom is 0.117 e. The first-order chi connectivity index (χ1) is 5.33. The molecule has 3 atom stereocenters. The van der Waals surface area contributed by atoms with Crippen LogP contribution in [-0.4, -0.2) is 29.7 Å². The van der Waals surface area contributed by atoms with Crippen molar-refractivity contribution in [3.63, 3.8) is 0 Å². The SMILES string of the molecule is CCC1C(F)C[C@@H]2CCCN12. The lowest BCUT2D eigenvalue weighted by atomic mass is 10.1. The smallest absolute Gasteiger partial charge is 0.117 e. The summed E-state index contributed by atoms with van der Waals surface area (Å²) in [6.07, 6.45) is 3.77. The molecule has 2 saturated heterocycles. The van der Waals surface area contributed by atoms with Crippen molar-refractivity contribution in [3.05, 3.63) is 0 Å². The zero-order chi connectivity index (χ0) is 7.84. The van der Waals surface area contributed by atoms with E-state index in [4.69, 9.17) is 0 Å². The first-order valence-electron chi connectivity index (χ1n) is 4.72. The van der Waals surface area contributed by atoms with Gasteiger partial charge in [-0.3, -0.25) is 4.90 Å². The summed E-state index contributed by atoms with van der Waals surface area (Å²) in [5, 5.41) is 0. The Morgan fingerprint density at radius 1 is 1.55 bits per heavy atom. The summed E-state index contributed by atoms with van der Waals surface area (Å²) in [5.41, 5.74) is 0. The number of nitrogens with zero attached hydrogens (tertiary/aromatic N) is 1. The summed E-state index contributed by atoms with van der Waals surface area (Å²) in [7, 11) is 0. The summed E-state index contributed by atoms with van der Waals surface area (Å²) in [4.78, 5) is 2.38. The van der Waals surface area contributed by atoms with Crippen molar-refractivity contribution in [3.8, 4) is 0 Å². The number of fused-ring (bicyclic) bond motifs is 1. The molecule has 0 radical (unpaired) electrons. The predicted molar refractivity (Wildman–Crippen MR) is 43.3 cm³/mol. The van der Waals surface area contributed by atoms with Gasteiger partial charge in [0.2, 0.25) is 0 Å². The summed E-state index contributed by atoms with van der Waals surface area (Å²) in [6, 6.07) is 0.845. The number of alkyl halides is 1. The molecule has 2 unspecified atom stereocenters. The van der Waals surface area contributed by atoms with E-state index in [0.29, 0.717) is 6.04 Å². The fourth-order valence-corrected chi connectivity index (χ4v) is 2.66. The number of hydrogen-bond donors (Lipinski definition) is 0. The molecule has 2 aliphatic heterocycles. The fourth-order valence-electron chi connectivity index (χ4n) is 2.66. The third kappa shape index (κ3) is 1.08. The van der Waals surface area contributed by atoms with E-state index in [-0.39, 0.29) is 6.04 Å². The Bertz CT molecular complexity index is 148. The molecule has 0 saturated carbocycles. The van der Waals surface area contributed by atoms with Gasteiger partial charge in [0.05, 0.1) is 0 Å². The third-order valence-corrected chi connectivity index (χ3v) is 3.18. The molecule has 2 aliphatic rings. The number of halogens is 1. The van der Waals surface area contributed by atoms with Crippen molar-refractivity contribution < 1.29 is 4.39 Å². The lowest BCUT2D eigenvalue weighted by molar-refractivity contribution is 0.190. The van der Waals surface area contributed by atoms with Crippen LogP contribution in [0.1, 0.15) is 32.6 Å². The summed E-state index contributed by atoms with van der Waals surface area (Å²) >= 11 is 0. The molecule has 0 aliphatic carbocycles. The van der Waals surface area contributed by atoms with Crippen LogP contribution >= 0.6 is 0 Å². The number of hydrogen-bond acceptors (Lipinski definition) is 1. The van der Waals surface area contributed by atoms with Gasteiger partial charge in [0.15, 0.2) is 0 Å². The van der Waals surface area contributed by atoms with Gasteiger partial charge in [-0.25, -0.2) is 4.39 Å². The average molecular weight is 157 g/mol. The maximum absolute atomic E-state index is 13.3. The van der Waals surface area contributed by atoms with Crippen LogP contribution in [-0.2, 0) is 0 Å². The van der Waals surface area contributed by atoms with Crippen LogP contribution < -0.4 is 0 Å². The zero-order valence-electron chi connectivity index (χ0n) is 7.09. The van der Waals surface area contributed by atoms with Gasteiger partial charge in [-0.1, -0.05) is 6.92 Å². The Kier molecular flexibility index (Phi) is 1.88. The summed E-state index contributed by atoms with van der Waals surface area (Å²) < 4.78 is 13.3. The van der Waals surface area contributed by atoms with Gasteiger partial charge < -0.3 is 0 Å². The molecule has 2 fully saturated rings. The summed E-state index contributed by atoms with van der Waals surface area (Å²) in [5.74, 6) is 0. The molecule has 2 heteroatoms. The van der Waals surface area contributed by atoms with Crippen molar-refractivity contribution in [1.82, 2.24) is 4.90 Å². The third-order valence-electron chi connectivity index (χ3n) is 3.18. The van der Waals surface area contributed by atoms with Crippen LogP contribution in [0.15, 0.2) is 0 Å². The van der Waals surface area contributed by atoms with Crippen molar-refractivity contribution in [2.24, 2.45) is 0 Å². The minimum Gasteiger partial charge on any atom is -0.294 e. The second-order valence-electron chi connectivity index (χ2n) is 3.76. The van der Waals surface area contributed by atoms with E-state index in [0.717, 1.165) is 19.4 Å². The van der Waals surface area contributed by atoms with Gasteiger partial charge in [-0.05, 0) is 32.2 Å². The highest BCUT2D eigenvalue weighted by molar-refractivity contribution is 4.96. The van der Waals surface area contributed by atoms with Gasteiger partial charge in [-0.15, -0.1) is 0 Å². The molecule has 0 aromatic rings. The largest absolute Gasteiger partial charge is 0.294 e. The van der Waals surface area contributed by atoms with E-state index >= 15 is 0 Å². The quantitative estimate of drug-likeness (QED) is 0.562. The molecule has 2 heterocycles. The van der Waals surface area contributed by atoms with Crippen LogP contribution in [0.5, 0.6) is 0 Å². The first kappa shape index (κ1) is 7.53. The van der Waals surface area contributed by atoms with E-state index in [1.807, 2.05) is 0 Å². The van der Waals surface area contributed by atoms with Crippen LogP contribution in [0, 0.1) is 0 Å². The lowest BCUT2D eigenvalue weighted by Gasteiger charge is -2.22. The zero-order valence-corrected chi connectivity index (χ0v) is 7.09. The first-order valence-corrected chi connectivity index (χ1v) is 4.72. The van der Waals surface area contributed by atoms with Gasteiger partial charge in [0, 0.05) is 12.1 Å². The molecule has 1 nitrogen and oxygen atoms in total. The number of rotatable bonds is 1. The highest BCUT2D eigenvalue weighted by Crippen LogP contribution is 2.35. The van der Waals surface area contributed by atoms with Crippen molar-refractivity contribution in [1.29, 1.82) is 0 Å². The van der Waals surface area contributed by atoms with E-state index in [1.165, 1.54) is 12.8 Å². The minimum absolute atomic E-state index is 0.252. The highest BCUT2D eigenvalue weighted by Gasteiger charge is 2.42. The predicted octanol–water partition coefficient (Wildman–Crippen LogP) is 1.97. The van der Waals surface area contributed by atoms with Gasteiger partial charge >= 0.3 is 0 Å². The van der Waals surface area contributed by atoms with E-state index < -0.39 is 6.17 Å². The second kappa shape index (κ2) is 2.74. The highest BCUT2D eigenvalue weighted by atomic mass is 19.1. The lowest BCUT2D eigenvalue weighted by Crippen LogP contribution is -2.33. The Labute approximate surface area is 67.6 Å². The molecule has 0 amide bonds. The second-order valence-corrected chi connectivity index (χ2v) is 3.76. The molecule has 0 aromatic carbocycles. The average Bonchev–Trinajstić information content (AvgIpc) is 2.46. The Morgan fingerprint density at radius 3 is 3.09 bits per heavy atom. The summed E-state index contributed by atoms with van der Waals surface area (Å²) in [6.45, 7) is 3.24. The molecular weight excluding hydrogens is 141 g/mol. The van der Waals surface area contributed by atoms with Crippen molar-refractivity contribution in [2.45, 2.75) is 50.9 Å². The van der Waals surface area contributed by atoms with Crippen molar-refractivity contribution >= 4 is 0 Å². The molecule has 0 spiro atoms.